The Morgan fingerprint density at radius 2 is 1.76 bits per heavy atom. The first-order chi connectivity index (χ1) is 16.0. The molecule has 4 rings (SSSR count). The van der Waals surface area contributed by atoms with E-state index in [-0.39, 0.29) is 22.7 Å². The standard InChI is InChI=1S/C25H26ClN3O4/c1-2-33-20-13-11-17(12-14-20)28-23(30)16-7-6-8-18(15-16)27-22-21(26)24(31)29(25(22)32)19-9-4-3-5-10-19/h6-8,11-15,19,27H,2-5,9-10H2,1H3,(H,28,30). The predicted molar refractivity (Wildman–Crippen MR) is 127 cm³/mol. The third-order valence-corrected chi connectivity index (χ3v) is 6.17. The second kappa shape index (κ2) is 10.1. The molecule has 33 heavy (non-hydrogen) atoms. The van der Waals surface area contributed by atoms with Gasteiger partial charge in [-0.3, -0.25) is 19.3 Å². The third-order valence-electron chi connectivity index (χ3n) is 5.82. The molecule has 0 saturated heterocycles. The van der Waals surface area contributed by atoms with Gasteiger partial charge in [0.15, 0.2) is 0 Å². The Balaban J connectivity index is 1.45. The number of imide groups is 1. The number of carbonyl (C=O) groups excluding carboxylic acids is 3. The van der Waals surface area contributed by atoms with Crippen LogP contribution in [0.25, 0.3) is 0 Å². The van der Waals surface area contributed by atoms with E-state index in [9.17, 15) is 14.4 Å². The van der Waals surface area contributed by atoms with Crippen LogP contribution in [0, 0.1) is 0 Å². The van der Waals surface area contributed by atoms with E-state index in [1.54, 1.807) is 48.5 Å². The summed E-state index contributed by atoms with van der Waals surface area (Å²) in [6.45, 7) is 2.47. The Kier molecular flexibility index (Phi) is 6.99. The van der Waals surface area contributed by atoms with E-state index in [1.165, 1.54) is 4.90 Å². The molecule has 0 unspecified atom stereocenters. The summed E-state index contributed by atoms with van der Waals surface area (Å²) in [7, 11) is 0. The summed E-state index contributed by atoms with van der Waals surface area (Å²) < 4.78 is 5.41. The van der Waals surface area contributed by atoms with Crippen LogP contribution >= 0.6 is 11.6 Å². The lowest BCUT2D eigenvalue weighted by Crippen LogP contribution is -2.42. The average Bonchev–Trinajstić information content (AvgIpc) is 3.04. The first-order valence-electron chi connectivity index (χ1n) is 11.2. The molecule has 2 aromatic carbocycles. The van der Waals surface area contributed by atoms with E-state index >= 15 is 0 Å². The van der Waals surface area contributed by atoms with Crippen molar-refractivity contribution in [3.63, 3.8) is 0 Å². The lowest BCUT2D eigenvalue weighted by molar-refractivity contribution is -0.140. The third kappa shape index (κ3) is 5.03. The summed E-state index contributed by atoms with van der Waals surface area (Å²) in [6, 6.07) is 13.7. The van der Waals surface area contributed by atoms with Crippen molar-refractivity contribution in [2.45, 2.75) is 45.1 Å². The maximum Gasteiger partial charge on any atom is 0.279 e. The molecule has 172 valence electrons. The van der Waals surface area contributed by atoms with Gasteiger partial charge in [-0.05, 0) is 62.2 Å². The van der Waals surface area contributed by atoms with Gasteiger partial charge in [-0.25, -0.2) is 0 Å². The SMILES string of the molecule is CCOc1ccc(NC(=O)c2cccc(NC3=C(Cl)C(=O)N(C4CCCCC4)C3=O)c2)cc1. The minimum atomic E-state index is -0.458. The molecule has 1 heterocycles. The van der Waals surface area contributed by atoms with Gasteiger partial charge in [0.2, 0.25) is 0 Å². The summed E-state index contributed by atoms with van der Waals surface area (Å²) in [5, 5.41) is 5.68. The zero-order valence-electron chi connectivity index (χ0n) is 18.4. The van der Waals surface area contributed by atoms with Gasteiger partial charge in [0.05, 0.1) is 6.61 Å². The van der Waals surface area contributed by atoms with Crippen LogP contribution in [-0.2, 0) is 9.59 Å². The first kappa shape index (κ1) is 22.9. The van der Waals surface area contributed by atoms with Crippen LogP contribution in [0.2, 0.25) is 0 Å². The van der Waals surface area contributed by atoms with E-state index in [4.69, 9.17) is 16.3 Å². The Hall–Kier alpha value is -3.32. The fourth-order valence-corrected chi connectivity index (χ4v) is 4.40. The van der Waals surface area contributed by atoms with E-state index in [2.05, 4.69) is 10.6 Å². The number of amides is 3. The molecule has 1 saturated carbocycles. The average molecular weight is 468 g/mol. The zero-order valence-corrected chi connectivity index (χ0v) is 19.2. The molecular weight excluding hydrogens is 442 g/mol. The predicted octanol–water partition coefficient (Wildman–Crippen LogP) is 4.90. The van der Waals surface area contributed by atoms with Crippen molar-refractivity contribution in [1.82, 2.24) is 4.90 Å². The molecule has 2 aromatic rings. The molecule has 0 spiro atoms. The summed E-state index contributed by atoms with van der Waals surface area (Å²) in [6.07, 6.45) is 4.71. The molecule has 0 atom stereocenters. The van der Waals surface area contributed by atoms with Crippen LogP contribution in [0.1, 0.15) is 49.4 Å². The Morgan fingerprint density at radius 1 is 1.03 bits per heavy atom. The Bertz CT molecular complexity index is 1090. The molecule has 1 fully saturated rings. The highest BCUT2D eigenvalue weighted by Gasteiger charge is 2.42. The molecule has 8 heteroatoms. The highest BCUT2D eigenvalue weighted by atomic mass is 35.5. The van der Waals surface area contributed by atoms with E-state index in [1.807, 2.05) is 6.92 Å². The molecule has 1 aliphatic heterocycles. The maximum absolute atomic E-state index is 13.0. The smallest absolute Gasteiger partial charge is 0.279 e. The first-order valence-corrected chi connectivity index (χ1v) is 11.5. The molecule has 0 bridgehead atoms. The number of ether oxygens (including phenoxy) is 1. The number of rotatable bonds is 7. The van der Waals surface area contributed by atoms with Crippen LogP contribution in [-0.4, -0.2) is 35.3 Å². The minimum Gasteiger partial charge on any atom is -0.494 e. The van der Waals surface area contributed by atoms with Gasteiger partial charge >= 0.3 is 0 Å². The van der Waals surface area contributed by atoms with Crippen molar-refractivity contribution in [1.29, 1.82) is 0 Å². The molecule has 0 radical (unpaired) electrons. The monoisotopic (exact) mass is 467 g/mol. The summed E-state index contributed by atoms with van der Waals surface area (Å²) >= 11 is 6.25. The van der Waals surface area contributed by atoms with Crippen molar-refractivity contribution in [3.05, 3.63) is 64.8 Å². The van der Waals surface area contributed by atoms with Gasteiger partial charge in [-0.1, -0.05) is 36.9 Å². The number of hydrogen-bond donors (Lipinski definition) is 2. The number of carbonyl (C=O) groups is 3. The molecule has 1 aliphatic carbocycles. The maximum atomic E-state index is 13.0. The Labute approximate surface area is 197 Å². The van der Waals surface area contributed by atoms with Gasteiger partial charge in [-0.15, -0.1) is 0 Å². The molecule has 0 aromatic heterocycles. The Morgan fingerprint density at radius 3 is 2.45 bits per heavy atom. The van der Waals surface area contributed by atoms with Crippen molar-refractivity contribution in [3.8, 4) is 5.75 Å². The molecule has 2 N–H and O–H groups in total. The fourth-order valence-electron chi connectivity index (χ4n) is 4.19. The van der Waals surface area contributed by atoms with Crippen LogP contribution < -0.4 is 15.4 Å². The number of halogens is 1. The van der Waals surface area contributed by atoms with Crippen molar-refractivity contribution < 1.29 is 19.1 Å². The quantitative estimate of drug-likeness (QED) is 0.565. The zero-order chi connectivity index (χ0) is 23.4. The topological polar surface area (TPSA) is 87.7 Å². The van der Waals surface area contributed by atoms with Gasteiger partial charge < -0.3 is 15.4 Å². The summed E-state index contributed by atoms with van der Waals surface area (Å²) in [5.41, 5.74) is 1.57. The minimum absolute atomic E-state index is 0.0521. The van der Waals surface area contributed by atoms with Crippen molar-refractivity contribution in [2.75, 3.05) is 17.2 Å². The van der Waals surface area contributed by atoms with E-state index in [0.717, 1.165) is 37.9 Å². The van der Waals surface area contributed by atoms with Gasteiger partial charge in [0, 0.05) is 23.0 Å². The van der Waals surface area contributed by atoms with Crippen LogP contribution in [0.5, 0.6) is 5.75 Å². The van der Waals surface area contributed by atoms with Gasteiger partial charge in [-0.2, -0.15) is 0 Å². The lowest BCUT2D eigenvalue weighted by atomic mass is 9.94. The molecule has 7 nitrogen and oxygen atoms in total. The van der Waals surface area contributed by atoms with E-state index < -0.39 is 11.8 Å². The number of nitrogens with zero attached hydrogens (tertiary/aromatic N) is 1. The number of hydrogen-bond acceptors (Lipinski definition) is 5. The normalized spacial score (nSPS) is 16.8. The number of benzene rings is 2. The lowest BCUT2D eigenvalue weighted by Gasteiger charge is -2.29. The molecular formula is C25H26ClN3O4. The molecule has 2 aliphatic rings. The van der Waals surface area contributed by atoms with Crippen LogP contribution in [0.15, 0.2) is 59.3 Å². The highest BCUT2D eigenvalue weighted by Crippen LogP contribution is 2.32. The second-order valence-electron chi connectivity index (χ2n) is 8.08. The summed E-state index contributed by atoms with van der Waals surface area (Å²) in [5.74, 6) is -0.452. The van der Waals surface area contributed by atoms with Crippen molar-refractivity contribution >= 4 is 40.7 Å². The fraction of sp³-hybridized carbons (Fsp3) is 0.320. The number of nitrogens with one attached hydrogen (secondary N) is 2. The van der Waals surface area contributed by atoms with E-state index in [0.29, 0.717) is 23.5 Å². The van der Waals surface area contributed by atoms with Crippen molar-refractivity contribution in [2.24, 2.45) is 0 Å². The number of anilines is 2. The van der Waals surface area contributed by atoms with Gasteiger partial charge in [0.1, 0.15) is 16.5 Å². The molecule has 3 amide bonds. The van der Waals surface area contributed by atoms with Crippen LogP contribution in [0.4, 0.5) is 11.4 Å². The van der Waals surface area contributed by atoms with Gasteiger partial charge in [0.25, 0.3) is 17.7 Å². The van der Waals surface area contributed by atoms with Crippen LogP contribution in [0.3, 0.4) is 0 Å². The highest BCUT2D eigenvalue weighted by molar-refractivity contribution is 6.48. The second-order valence-corrected chi connectivity index (χ2v) is 8.46. The largest absolute Gasteiger partial charge is 0.494 e. The summed E-state index contributed by atoms with van der Waals surface area (Å²) in [4.78, 5) is 39.6.